The first-order chi connectivity index (χ1) is 10.5. The number of hydrogen-bond acceptors (Lipinski definition) is 4. The van der Waals surface area contributed by atoms with Gasteiger partial charge in [-0.2, -0.15) is 0 Å². The molecule has 3 atom stereocenters. The van der Waals surface area contributed by atoms with E-state index in [4.69, 9.17) is 4.74 Å². The number of aliphatic hydroxyl groups excluding tert-OH is 1. The minimum absolute atomic E-state index is 0.105. The zero-order chi connectivity index (χ0) is 17.7. The van der Waals surface area contributed by atoms with Crippen molar-refractivity contribution in [2.75, 3.05) is 6.61 Å². The molecule has 0 saturated heterocycles. The summed E-state index contributed by atoms with van der Waals surface area (Å²) in [4.78, 5) is 11.9. The predicted molar refractivity (Wildman–Crippen MR) is 93.5 cm³/mol. The van der Waals surface area contributed by atoms with Crippen molar-refractivity contribution < 1.29 is 14.6 Å². The van der Waals surface area contributed by atoms with E-state index in [-0.39, 0.29) is 30.2 Å². The van der Waals surface area contributed by atoms with Gasteiger partial charge < -0.3 is 20.5 Å². The molecule has 0 bridgehead atoms. The summed E-state index contributed by atoms with van der Waals surface area (Å²) in [6.07, 6.45) is 4.54. The van der Waals surface area contributed by atoms with Crippen molar-refractivity contribution in [2.45, 2.75) is 97.4 Å². The molecular formula is C18H36N2O3. The van der Waals surface area contributed by atoms with Crippen molar-refractivity contribution in [3.05, 3.63) is 0 Å². The van der Waals surface area contributed by atoms with Crippen LogP contribution >= 0.6 is 0 Å². The molecule has 1 rings (SSSR count). The number of carbonyl (C=O) groups is 1. The highest BCUT2D eigenvalue weighted by atomic mass is 16.6. The van der Waals surface area contributed by atoms with E-state index in [2.05, 4.69) is 31.4 Å². The predicted octanol–water partition coefficient (Wildman–Crippen LogP) is 3.21. The molecule has 0 aromatic heterocycles. The minimum Gasteiger partial charge on any atom is -0.444 e. The van der Waals surface area contributed by atoms with E-state index in [1.165, 1.54) is 0 Å². The fourth-order valence-electron chi connectivity index (χ4n) is 3.13. The first-order valence-corrected chi connectivity index (χ1v) is 8.87. The zero-order valence-corrected chi connectivity index (χ0v) is 15.7. The van der Waals surface area contributed by atoms with Crippen molar-refractivity contribution in [1.29, 1.82) is 0 Å². The van der Waals surface area contributed by atoms with Crippen LogP contribution in [-0.4, -0.2) is 41.5 Å². The normalized spacial score (nSPS) is 24.1. The summed E-state index contributed by atoms with van der Waals surface area (Å²) in [5, 5.41) is 16.0. The Labute approximate surface area is 141 Å². The molecule has 136 valence electrons. The molecule has 0 aromatic carbocycles. The Hall–Kier alpha value is -0.810. The van der Waals surface area contributed by atoms with Gasteiger partial charge in [0.2, 0.25) is 0 Å². The lowest BCUT2D eigenvalue weighted by Gasteiger charge is -2.38. The number of amides is 1. The third kappa shape index (κ3) is 8.02. The van der Waals surface area contributed by atoms with Gasteiger partial charge in [-0.15, -0.1) is 0 Å². The topological polar surface area (TPSA) is 70.6 Å². The highest BCUT2D eigenvalue weighted by molar-refractivity contribution is 5.68. The van der Waals surface area contributed by atoms with E-state index in [1.54, 1.807) is 0 Å². The summed E-state index contributed by atoms with van der Waals surface area (Å²) < 4.78 is 5.35. The fourth-order valence-corrected chi connectivity index (χ4v) is 3.13. The highest BCUT2D eigenvalue weighted by Crippen LogP contribution is 2.26. The second-order valence-electron chi connectivity index (χ2n) is 8.80. The molecule has 3 unspecified atom stereocenters. The molecule has 5 nitrogen and oxygen atoms in total. The summed E-state index contributed by atoms with van der Waals surface area (Å²) in [6.45, 7) is 12.4. The number of rotatable bonds is 5. The van der Waals surface area contributed by atoms with E-state index in [1.807, 2.05) is 20.8 Å². The first kappa shape index (κ1) is 20.2. The van der Waals surface area contributed by atoms with Crippen LogP contribution in [0.25, 0.3) is 0 Å². The average molecular weight is 328 g/mol. The molecule has 1 aliphatic carbocycles. The SMILES string of the molecule is CC(C)(C)OC(=O)NC1CCCC(NC(CCO)C(C)(C)C)C1. The van der Waals surface area contributed by atoms with Crippen LogP contribution in [0.4, 0.5) is 4.79 Å². The van der Waals surface area contributed by atoms with Crippen molar-refractivity contribution in [2.24, 2.45) is 5.41 Å². The average Bonchev–Trinajstić information content (AvgIpc) is 2.35. The van der Waals surface area contributed by atoms with Gasteiger partial charge in [-0.1, -0.05) is 20.8 Å². The van der Waals surface area contributed by atoms with Crippen molar-refractivity contribution in [3.63, 3.8) is 0 Å². The Morgan fingerprint density at radius 2 is 1.78 bits per heavy atom. The molecule has 0 aliphatic heterocycles. The van der Waals surface area contributed by atoms with Crippen LogP contribution in [0.2, 0.25) is 0 Å². The number of nitrogens with one attached hydrogen (secondary N) is 2. The molecule has 0 radical (unpaired) electrons. The lowest BCUT2D eigenvalue weighted by molar-refractivity contribution is 0.0485. The molecule has 0 spiro atoms. The molecule has 0 aromatic rings. The molecule has 1 fully saturated rings. The number of hydrogen-bond donors (Lipinski definition) is 3. The monoisotopic (exact) mass is 328 g/mol. The van der Waals surface area contributed by atoms with E-state index in [9.17, 15) is 9.90 Å². The first-order valence-electron chi connectivity index (χ1n) is 8.87. The van der Waals surface area contributed by atoms with Gasteiger partial charge in [0.15, 0.2) is 0 Å². The Morgan fingerprint density at radius 3 is 2.30 bits per heavy atom. The van der Waals surface area contributed by atoms with Crippen LogP contribution in [0.5, 0.6) is 0 Å². The summed E-state index contributed by atoms with van der Waals surface area (Å²) in [5.41, 5.74) is -0.358. The molecule has 5 heteroatoms. The number of carbonyl (C=O) groups excluding carboxylic acids is 1. The van der Waals surface area contributed by atoms with Crippen LogP contribution in [0, 0.1) is 5.41 Å². The van der Waals surface area contributed by atoms with Gasteiger partial charge in [-0.25, -0.2) is 4.79 Å². The van der Waals surface area contributed by atoms with E-state index in [0.29, 0.717) is 6.04 Å². The summed E-state index contributed by atoms with van der Waals surface area (Å²) >= 11 is 0. The Kier molecular flexibility index (Phi) is 7.33. The maximum absolute atomic E-state index is 11.9. The third-order valence-corrected chi connectivity index (χ3v) is 4.30. The van der Waals surface area contributed by atoms with Crippen LogP contribution in [0.1, 0.15) is 73.6 Å². The Bertz CT molecular complexity index is 371. The van der Waals surface area contributed by atoms with Gasteiger partial charge in [0.1, 0.15) is 5.60 Å². The van der Waals surface area contributed by atoms with Crippen LogP contribution in [0.3, 0.4) is 0 Å². The van der Waals surface area contributed by atoms with E-state index < -0.39 is 5.60 Å². The fraction of sp³-hybridized carbons (Fsp3) is 0.944. The van der Waals surface area contributed by atoms with Gasteiger partial charge in [0, 0.05) is 24.7 Å². The van der Waals surface area contributed by atoms with Gasteiger partial charge >= 0.3 is 6.09 Å². The number of alkyl carbamates (subject to hydrolysis) is 1. The van der Waals surface area contributed by atoms with Gasteiger partial charge in [-0.3, -0.25) is 0 Å². The molecule has 3 N–H and O–H groups in total. The van der Waals surface area contributed by atoms with E-state index >= 15 is 0 Å². The molecule has 0 heterocycles. The second kappa shape index (κ2) is 8.34. The minimum atomic E-state index is -0.463. The molecule has 1 amide bonds. The van der Waals surface area contributed by atoms with Crippen molar-refractivity contribution in [1.82, 2.24) is 10.6 Å². The Balaban J connectivity index is 2.52. The van der Waals surface area contributed by atoms with Crippen molar-refractivity contribution in [3.8, 4) is 0 Å². The van der Waals surface area contributed by atoms with Crippen LogP contribution in [-0.2, 0) is 4.74 Å². The van der Waals surface area contributed by atoms with Crippen LogP contribution < -0.4 is 10.6 Å². The third-order valence-electron chi connectivity index (χ3n) is 4.30. The summed E-state index contributed by atoms with van der Waals surface area (Å²) in [7, 11) is 0. The quantitative estimate of drug-likeness (QED) is 0.725. The molecular weight excluding hydrogens is 292 g/mol. The van der Waals surface area contributed by atoms with Gasteiger partial charge in [0.05, 0.1) is 0 Å². The molecule has 1 saturated carbocycles. The van der Waals surface area contributed by atoms with Crippen LogP contribution in [0.15, 0.2) is 0 Å². The van der Waals surface area contributed by atoms with Gasteiger partial charge in [0.25, 0.3) is 0 Å². The second-order valence-corrected chi connectivity index (χ2v) is 8.80. The lowest BCUT2D eigenvalue weighted by Crippen LogP contribution is -2.51. The highest BCUT2D eigenvalue weighted by Gasteiger charge is 2.30. The standard InChI is InChI=1S/C18H36N2O3/c1-17(2,3)15(10-11-21)19-13-8-7-9-14(12-13)20-16(22)23-18(4,5)6/h13-15,19,21H,7-12H2,1-6H3,(H,20,22). The largest absolute Gasteiger partial charge is 0.444 e. The maximum Gasteiger partial charge on any atom is 0.407 e. The van der Waals surface area contributed by atoms with Gasteiger partial charge in [-0.05, 0) is 58.3 Å². The molecule has 23 heavy (non-hydrogen) atoms. The summed E-state index contributed by atoms with van der Waals surface area (Å²) in [5.74, 6) is 0. The lowest BCUT2D eigenvalue weighted by atomic mass is 9.82. The number of aliphatic hydroxyl groups is 1. The Morgan fingerprint density at radius 1 is 1.17 bits per heavy atom. The summed E-state index contributed by atoms with van der Waals surface area (Å²) in [6, 6.07) is 0.808. The van der Waals surface area contributed by atoms with Crippen molar-refractivity contribution >= 4 is 6.09 Å². The zero-order valence-electron chi connectivity index (χ0n) is 15.7. The molecule has 1 aliphatic rings. The number of ether oxygens (including phenoxy) is 1. The smallest absolute Gasteiger partial charge is 0.407 e. The maximum atomic E-state index is 11.9. The van der Waals surface area contributed by atoms with E-state index in [0.717, 1.165) is 32.1 Å².